The lowest BCUT2D eigenvalue weighted by Gasteiger charge is -2.27. The van der Waals surface area contributed by atoms with E-state index >= 15 is 0 Å². The predicted molar refractivity (Wildman–Crippen MR) is 111 cm³/mol. The number of carbonyl (C=O) groups is 1. The number of carbonyl (C=O) groups excluding carboxylic acids is 1. The van der Waals surface area contributed by atoms with E-state index in [0.717, 1.165) is 11.1 Å². The predicted octanol–water partition coefficient (Wildman–Crippen LogP) is 5.41. The Bertz CT molecular complexity index is 1030. The molecule has 1 amide bonds. The minimum absolute atomic E-state index is 0.248. The number of benzene rings is 3. The first kappa shape index (κ1) is 18.1. The van der Waals surface area contributed by atoms with E-state index in [4.69, 9.17) is 16.3 Å². The average Bonchev–Trinajstić information content (AvgIpc) is 3.00. The third-order valence-corrected chi connectivity index (χ3v) is 5.08. The average molecular weight is 392 g/mol. The van der Waals surface area contributed by atoms with Gasteiger partial charge in [-0.3, -0.25) is 9.69 Å². The zero-order valence-electron chi connectivity index (χ0n) is 15.2. The van der Waals surface area contributed by atoms with Crippen molar-refractivity contribution in [2.24, 2.45) is 0 Å². The molecule has 0 aliphatic carbocycles. The van der Waals surface area contributed by atoms with Crippen molar-refractivity contribution in [1.82, 2.24) is 0 Å². The number of hydrogen-bond acceptors (Lipinski definition) is 3. The third-order valence-electron chi connectivity index (χ3n) is 4.83. The van der Waals surface area contributed by atoms with Crippen molar-refractivity contribution in [3.05, 3.63) is 101 Å². The van der Waals surface area contributed by atoms with Gasteiger partial charge in [0.05, 0.1) is 13.2 Å². The highest BCUT2D eigenvalue weighted by molar-refractivity contribution is 6.30. The highest BCUT2D eigenvalue weighted by Crippen LogP contribution is 2.45. The monoisotopic (exact) mass is 391 g/mol. The van der Waals surface area contributed by atoms with E-state index < -0.39 is 11.9 Å². The molecule has 1 aliphatic rings. The Morgan fingerprint density at radius 1 is 0.929 bits per heavy atom. The van der Waals surface area contributed by atoms with Gasteiger partial charge in [0, 0.05) is 16.3 Å². The Morgan fingerprint density at radius 2 is 1.57 bits per heavy atom. The second-order valence-corrected chi connectivity index (χ2v) is 6.89. The van der Waals surface area contributed by atoms with Gasteiger partial charge in [0.25, 0.3) is 5.91 Å². The van der Waals surface area contributed by atoms with Crippen LogP contribution in [0.15, 0.2) is 84.6 Å². The summed E-state index contributed by atoms with van der Waals surface area (Å²) in [5, 5.41) is 11.4. The van der Waals surface area contributed by atoms with Crippen molar-refractivity contribution in [2.45, 2.75) is 6.04 Å². The summed E-state index contributed by atoms with van der Waals surface area (Å²) < 4.78 is 5.22. The van der Waals surface area contributed by atoms with E-state index in [9.17, 15) is 9.90 Å². The molecule has 0 unspecified atom stereocenters. The van der Waals surface area contributed by atoms with E-state index in [0.29, 0.717) is 22.0 Å². The summed E-state index contributed by atoms with van der Waals surface area (Å²) in [6, 6.07) is 23.5. The zero-order chi connectivity index (χ0) is 19.7. The van der Waals surface area contributed by atoms with Crippen LogP contribution in [0.3, 0.4) is 0 Å². The minimum atomic E-state index is -0.472. The number of aliphatic hydroxyl groups is 1. The van der Waals surface area contributed by atoms with E-state index in [1.807, 2.05) is 42.5 Å². The first-order valence-electron chi connectivity index (χ1n) is 8.82. The number of anilines is 1. The first-order chi connectivity index (χ1) is 13.6. The number of rotatable bonds is 4. The summed E-state index contributed by atoms with van der Waals surface area (Å²) in [5.74, 6) is 0.00448. The SMILES string of the molecule is COc1ccc(N2C(=O)C(O)=C(c3ccccc3)[C@H]2c2ccc(Cl)cc2)cc1. The van der Waals surface area contributed by atoms with E-state index in [1.165, 1.54) is 0 Å². The van der Waals surface area contributed by atoms with Crippen LogP contribution in [-0.2, 0) is 4.79 Å². The molecule has 1 atom stereocenters. The molecule has 0 aromatic heterocycles. The second-order valence-electron chi connectivity index (χ2n) is 6.46. The van der Waals surface area contributed by atoms with Crippen LogP contribution in [-0.4, -0.2) is 18.1 Å². The molecular weight excluding hydrogens is 374 g/mol. The molecule has 1 aliphatic heterocycles. The summed E-state index contributed by atoms with van der Waals surface area (Å²) in [6.45, 7) is 0. The number of methoxy groups -OCH3 is 1. The summed E-state index contributed by atoms with van der Waals surface area (Å²) in [4.78, 5) is 14.7. The number of aliphatic hydroxyl groups excluding tert-OH is 1. The Morgan fingerprint density at radius 3 is 2.18 bits per heavy atom. The van der Waals surface area contributed by atoms with E-state index in [-0.39, 0.29) is 5.76 Å². The molecule has 3 aromatic rings. The molecule has 4 nitrogen and oxygen atoms in total. The van der Waals surface area contributed by atoms with Crippen molar-refractivity contribution in [1.29, 1.82) is 0 Å². The molecule has 0 radical (unpaired) electrons. The minimum Gasteiger partial charge on any atom is -0.503 e. The summed E-state index contributed by atoms with van der Waals surface area (Å²) in [5.41, 5.74) is 2.90. The number of nitrogens with zero attached hydrogens (tertiary/aromatic N) is 1. The summed E-state index contributed by atoms with van der Waals surface area (Å²) in [7, 11) is 1.59. The molecule has 140 valence electrons. The van der Waals surface area contributed by atoms with Crippen molar-refractivity contribution < 1.29 is 14.6 Å². The van der Waals surface area contributed by atoms with Gasteiger partial charge in [-0.1, -0.05) is 54.1 Å². The normalized spacial score (nSPS) is 16.6. The number of halogens is 1. The smallest absolute Gasteiger partial charge is 0.294 e. The van der Waals surface area contributed by atoms with Crippen molar-refractivity contribution >= 4 is 28.8 Å². The number of hydrogen-bond donors (Lipinski definition) is 1. The van der Waals surface area contributed by atoms with E-state index in [2.05, 4.69) is 0 Å². The molecular formula is C23H18ClNO3. The summed E-state index contributed by atoms with van der Waals surface area (Å²) in [6.07, 6.45) is 0. The molecule has 28 heavy (non-hydrogen) atoms. The van der Waals surface area contributed by atoms with Crippen molar-refractivity contribution in [2.75, 3.05) is 12.0 Å². The van der Waals surface area contributed by atoms with Gasteiger partial charge in [-0.2, -0.15) is 0 Å². The number of amides is 1. The van der Waals surface area contributed by atoms with Gasteiger partial charge < -0.3 is 9.84 Å². The second kappa shape index (κ2) is 7.41. The number of ether oxygens (including phenoxy) is 1. The Labute approximate surface area is 168 Å². The van der Waals surface area contributed by atoms with Gasteiger partial charge >= 0.3 is 0 Å². The van der Waals surface area contributed by atoms with Crippen LogP contribution in [0.1, 0.15) is 17.2 Å². The zero-order valence-corrected chi connectivity index (χ0v) is 15.9. The largest absolute Gasteiger partial charge is 0.503 e. The van der Waals surface area contributed by atoms with Crippen LogP contribution in [0.25, 0.3) is 5.57 Å². The van der Waals surface area contributed by atoms with Crippen molar-refractivity contribution in [3.63, 3.8) is 0 Å². The van der Waals surface area contributed by atoms with Gasteiger partial charge in [-0.15, -0.1) is 0 Å². The molecule has 0 spiro atoms. The topological polar surface area (TPSA) is 49.8 Å². The molecule has 1 heterocycles. The Hall–Kier alpha value is -3.24. The molecule has 4 rings (SSSR count). The van der Waals surface area contributed by atoms with Crippen LogP contribution in [0.5, 0.6) is 5.75 Å². The third kappa shape index (κ3) is 3.12. The Balaban J connectivity index is 1.87. The quantitative estimate of drug-likeness (QED) is 0.647. The van der Waals surface area contributed by atoms with Gasteiger partial charge in [0.2, 0.25) is 0 Å². The van der Waals surface area contributed by atoms with Crippen LogP contribution in [0, 0.1) is 0 Å². The lowest BCUT2D eigenvalue weighted by Crippen LogP contribution is -2.30. The maximum Gasteiger partial charge on any atom is 0.294 e. The summed E-state index contributed by atoms with van der Waals surface area (Å²) >= 11 is 6.06. The fourth-order valence-corrected chi connectivity index (χ4v) is 3.61. The molecule has 0 fully saturated rings. The molecule has 0 bridgehead atoms. The molecule has 1 N–H and O–H groups in total. The first-order valence-corrected chi connectivity index (χ1v) is 9.19. The van der Waals surface area contributed by atoms with Gasteiger partial charge in [-0.05, 0) is 47.5 Å². The fraction of sp³-hybridized carbons (Fsp3) is 0.0870. The lowest BCUT2D eigenvalue weighted by molar-refractivity contribution is -0.117. The van der Waals surface area contributed by atoms with E-state index in [1.54, 1.807) is 48.4 Å². The molecule has 0 saturated heterocycles. The highest BCUT2D eigenvalue weighted by atomic mass is 35.5. The maximum atomic E-state index is 13.1. The lowest BCUT2D eigenvalue weighted by atomic mass is 9.93. The van der Waals surface area contributed by atoms with Gasteiger partial charge in [0.1, 0.15) is 5.75 Å². The maximum absolute atomic E-state index is 13.1. The molecule has 3 aromatic carbocycles. The Kier molecular flexibility index (Phi) is 4.80. The standard InChI is InChI=1S/C23H18ClNO3/c1-28-19-13-11-18(12-14-19)25-21(16-7-9-17(24)10-8-16)20(22(26)23(25)27)15-5-3-2-4-6-15/h2-14,21,26H,1H3/t21-/m1/s1. The van der Waals surface area contributed by atoms with Crippen LogP contribution in [0.2, 0.25) is 5.02 Å². The van der Waals surface area contributed by atoms with Crippen LogP contribution in [0.4, 0.5) is 5.69 Å². The highest BCUT2D eigenvalue weighted by Gasteiger charge is 2.41. The molecule has 0 saturated carbocycles. The van der Waals surface area contributed by atoms with Crippen LogP contribution >= 0.6 is 11.6 Å². The fourth-order valence-electron chi connectivity index (χ4n) is 3.49. The van der Waals surface area contributed by atoms with Crippen LogP contribution < -0.4 is 9.64 Å². The van der Waals surface area contributed by atoms with Crippen molar-refractivity contribution in [3.8, 4) is 5.75 Å². The van der Waals surface area contributed by atoms with Gasteiger partial charge in [-0.25, -0.2) is 0 Å². The molecule has 5 heteroatoms. The van der Waals surface area contributed by atoms with Gasteiger partial charge in [0.15, 0.2) is 5.76 Å².